The van der Waals surface area contributed by atoms with Crippen LogP contribution in [-0.4, -0.2) is 61.9 Å². The summed E-state index contributed by atoms with van der Waals surface area (Å²) in [6.07, 6.45) is 2.48. The average molecular weight is 557 g/mol. The summed E-state index contributed by atoms with van der Waals surface area (Å²) in [5.41, 5.74) is 1.29. The van der Waals surface area contributed by atoms with Crippen molar-refractivity contribution in [2.75, 3.05) is 33.3 Å². The highest BCUT2D eigenvalue weighted by Crippen LogP contribution is 2.14. The Morgan fingerprint density at radius 1 is 1.22 bits per heavy atom. The second kappa shape index (κ2) is 14.2. The molecule has 1 saturated heterocycles. The van der Waals surface area contributed by atoms with Gasteiger partial charge in [-0.25, -0.2) is 4.79 Å². The molecule has 1 aliphatic heterocycles. The number of halogens is 1. The molecular formula is C23H36IN5O3. The summed E-state index contributed by atoms with van der Waals surface area (Å²) < 4.78 is 11.2. The minimum absolute atomic E-state index is 0. The first-order chi connectivity index (χ1) is 14.8. The molecular weight excluding hydrogens is 521 g/mol. The molecule has 2 rings (SSSR count). The van der Waals surface area contributed by atoms with Gasteiger partial charge in [-0.3, -0.25) is 4.99 Å². The maximum absolute atomic E-state index is 11.6. The molecule has 1 heterocycles. The summed E-state index contributed by atoms with van der Waals surface area (Å²) in [4.78, 5) is 18.3. The first-order valence-corrected chi connectivity index (χ1v) is 10.8. The van der Waals surface area contributed by atoms with Crippen LogP contribution in [0.2, 0.25) is 0 Å². The number of alkyl carbamates (subject to hydrolysis) is 1. The summed E-state index contributed by atoms with van der Waals surface area (Å²) in [6, 6.07) is 9.69. The molecule has 0 saturated carbocycles. The highest BCUT2D eigenvalue weighted by molar-refractivity contribution is 14.0. The molecule has 0 atom stereocenters. The van der Waals surface area contributed by atoms with Crippen molar-refractivity contribution in [2.24, 2.45) is 4.99 Å². The van der Waals surface area contributed by atoms with Crippen molar-refractivity contribution in [3.63, 3.8) is 0 Å². The fourth-order valence-corrected chi connectivity index (χ4v) is 3.27. The van der Waals surface area contributed by atoms with E-state index in [1.54, 1.807) is 7.05 Å². The van der Waals surface area contributed by atoms with Crippen molar-refractivity contribution in [1.82, 2.24) is 15.5 Å². The van der Waals surface area contributed by atoms with E-state index >= 15 is 0 Å². The number of nitrogens with zero attached hydrogens (tertiary/aromatic N) is 3. The highest BCUT2D eigenvalue weighted by atomic mass is 127. The predicted molar refractivity (Wildman–Crippen MR) is 136 cm³/mol. The normalized spacial score (nSPS) is 14.8. The molecule has 178 valence electrons. The van der Waals surface area contributed by atoms with Crippen LogP contribution in [0.4, 0.5) is 4.79 Å². The quantitative estimate of drug-likeness (QED) is 0.230. The first-order valence-electron chi connectivity index (χ1n) is 10.8. The third-order valence-electron chi connectivity index (χ3n) is 4.83. The van der Waals surface area contributed by atoms with Crippen molar-refractivity contribution in [2.45, 2.75) is 58.3 Å². The number of hydrogen-bond acceptors (Lipinski definition) is 5. The Hall–Kier alpha value is -2.06. The second-order valence-corrected chi connectivity index (χ2v) is 8.55. The van der Waals surface area contributed by atoms with E-state index in [9.17, 15) is 4.79 Å². The predicted octanol–water partition coefficient (Wildman–Crippen LogP) is 3.65. The van der Waals surface area contributed by atoms with Crippen molar-refractivity contribution in [3.8, 4) is 6.07 Å². The standard InChI is InChI=1S/C23H35N5O3.HI/c1-23(2,3)31-22(29)26-12-5-15-30-20-10-13-28(14-11-20)21(25-4)27-17-19-8-6-18(16-24)7-9-19;/h6-9,20H,5,10-15,17H2,1-4H3,(H,25,27)(H,26,29);1H. The lowest BCUT2D eigenvalue weighted by atomic mass is 10.1. The monoisotopic (exact) mass is 557 g/mol. The van der Waals surface area contributed by atoms with E-state index in [1.165, 1.54) is 0 Å². The molecule has 2 N–H and O–H groups in total. The van der Waals surface area contributed by atoms with Gasteiger partial charge in [0, 0.05) is 39.8 Å². The van der Waals surface area contributed by atoms with Crippen LogP contribution >= 0.6 is 24.0 Å². The fourth-order valence-electron chi connectivity index (χ4n) is 3.27. The fraction of sp³-hybridized carbons (Fsp3) is 0.609. The number of likely N-dealkylation sites (tertiary alicyclic amines) is 1. The Kier molecular flexibility index (Phi) is 12.4. The molecule has 1 aromatic carbocycles. The molecule has 0 aliphatic carbocycles. The lowest BCUT2D eigenvalue weighted by Crippen LogP contribution is -2.46. The van der Waals surface area contributed by atoms with Crippen molar-refractivity contribution < 1.29 is 14.3 Å². The van der Waals surface area contributed by atoms with Crippen molar-refractivity contribution in [3.05, 3.63) is 35.4 Å². The molecule has 1 amide bonds. The van der Waals surface area contributed by atoms with Gasteiger partial charge < -0.3 is 25.0 Å². The SMILES string of the molecule is CN=C(NCc1ccc(C#N)cc1)N1CCC(OCCCNC(=O)OC(C)(C)C)CC1.I. The summed E-state index contributed by atoms with van der Waals surface area (Å²) in [6.45, 7) is 9.13. The average Bonchev–Trinajstić information content (AvgIpc) is 2.74. The number of guanidine groups is 1. The highest BCUT2D eigenvalue weighted by Gasteiger charge is 2.22. The number of carbonyl (C=O) groups excluding carboxylic acids is 1. The zero-order valence-electron chi connectivity index (χ0n) is 19.5. The largest absolute Gasteiger partial charge is 0.444 e. The molecule has 1 aromatic rings. The van der Waals surface area contributed by atoms with E-state index in [0.717, 1.165) is 43.9 Å². The zero-order chi connectivity index (χ0) is 22.7. The van der Waals surface area contributed by atoms with Gasteiger partial charge in [-0.15, -0.1) is 24.0 Å². The van der Waals surface area contributed by atoms with Gasteiger partial charge >= 0.3 is 6.09 Å². The van der Waals surface area contributed by atoms with Crippen LogP contribution in [0.5, 0.6) is 0 Å². The number of nitriles is 1. The molecule has 9 heteroatoms. The molecule has 8 nitrogen and oxygen atoms in total. The number of hydrogen-bond donors (Lipinski definition) is 2. The smallest absolute Gasteiger partial charge is 0.407 e. The summed E-state index contributed by atoms with van der Waals surface area (Å²) in [7, 11) is 1.79. The Morgan fingerprint density at radius 2 is 1.88 bits per heavy atom. The van der Waals surface area contributed by atoms with Crippen molar-refractivity contribution in [1.29, 1.82) is 5.26 Å². The number of rotatable bonds is 7. The number of carbonyl (C=O) groups is 1. The Labute approximate surface area is 208 Å². The van der Waals surface area contributed by atoms with Gasteiger partial charge in [0.2, 0.25) is 0 Å². The minimum atomic E-state index is -0.480. The molecule has 1 aliphatic rings. The van der Waals surface area contributed by atoms with Crippen LogP contribution in [0, 0.1) is 11.3 Å². The third kappa shape index (κ3) is 10.5. The first kappa shape index (κ1) is 28.0. The van der Waals surface area contributed by atoms with Gasteiger partial charge in [0.05, 0.1) is 17.7 Å². The van der Waals surface area contributed by atoms with Crippen LogP contribution < -0.4 is 10.6 Å². The zero-order valence-corrected chi connectivity index (χ0v) is 21.8. The van der Waals surface area contributed by atoms with E-state index < -0.39 is 5.60 Å². The Balaban J connectivity index is 0.00000512. The number of amides is 1. The topological polar surface area (TPSA) is 99.0 Å². The van der Waals surface area contributed by atoms with Crippen molar-refractivity contribution >= 4 is 36.0 Å². The van der Waals surface area contributed by atoms with E-state index in [4.69, 9.17) is 14.7 Å². The number of ether oxygens (including phenoxy) is 2. The molecule has 0 spiro atoms. The van der Waals surface area contributed by atoms with E-state index in [2.05, 4.69) is 26.6 Å². The second-order valence-electron chi connectivity index (χ2n) is 8.55. The number of piperidine rings is 1. The summed E-state index contributed by atoms with van der Waals surface area (Å²) >= 11 is 0. The number of benzene rings is 1. The molecule has 0 aromatic heterocycles. The summed E-state index contributed by atoms with van der Waals surface area (Å²) in [5, 5.41) is 15.0. The van der Waals surface area contributed by atoms with Gasteiger partial charge in [-0.05, 0) is 57.7 Å². The van der Waals surface area contributed by atoms with Gasteiger partial charge in [0.25, 0.3) is 0 Å². The van der Waals surface area contributed by atoms with E-state index in [-0.39, 0.29) is 36.2 Å². The van der Waals surface area contributed by atoms with Gasteiger partial charge in [-0.1, -0.05) is 12.1 Å². The Morgan fingerprint density at radius 3 is 2.44 bits per heavy atom. The van der Waals surface area contributed by atoms with Crippen LogP contribution in [0.25, 0.3) is 0 Å². The lowest BCUT2D eigenvalue weighted by molar-refractivity contribution is 0.0170. The molecule has 1 fully saturated rings. The maximum atomic E-state index is 11.6. The molecule has 32 heavy (non-hydrogen) atoms. The van der Waals surface area contributed by atoms with Gasteiger partial charge in [0.15, 0.2) is 5.96 Å². The van der Waals surface area contributed by atoms with Crippen LogP contribution in [0.3, 0.4) is 0 Å². The van der Waals surface area contributed by atoms with E-state index in [1.807, 2.05) is 45.0 Å². The maximum Gasteiger partial charge on any atom is 0.407 e. The number of aliphatic imine (C=N–C) groups is 1. The Bertz CT molecular complexity index is 763. The molecule has 0 radical (unpaired) electrons. The molecule has 0 bridgehead atoms. The molecule has 0 unspecified atom stereocenters. The van der Waals surface area contributed by atoms with Crippen LogP contribution in [0.15, 0.2) is 29.3 Å². The van der Waals surface area contributed by atoms with E-state index in [0.29, 0.717) is 25.3 Å². The number of nitrogens with one attached hydrogen (secondary N) is 2. The minimum Gasteiger partial charge on any atom is -0.444 e. The summed E-state index contributed by atoms with van der Waals surface area (Å²) in [5.74, 6) is 0.879. The van der Waals surface area contributed by atoms with Crippen LogP contribution in [0.1, 0.15) is 51.2 Å². The van der Waals surface area contributed by atoms with Crippen LogP contribution in [-0.2, 0) is 16.0 Å². The van der Waals surface area contributed by atoms with Gasteiger partial charge in [-0.2, -0.15) is 5.26 Å². The lowest BCUT2D eigenvalue weighted by Gasteiger charge is -2.34. The third-order valence-corrected chi connectivity index (χ3v) is 4.83. The van der Waals surface area contributed by atoms with Gasteiger partial charge in [0.1, 0.15) is 5.60 Å².